The topological polar surface area (TPSA) is 90.7 Å². The van der Waals surface area contributed by atoms with Gasteiger partial charge in [0, 0.05) is 18.6 Å². The molecule has 0 saturated heterocycles. The number of nitro groups is 1. The predicted octanol–water partition coefficient (Wildman–Crippen LogP) is 1.90. The molecule has 2 atom stereocenters. The number of methoxy groups -OCH3 is 1. The lowest BCUT2D eigenvalue weighted by Crippen LogP contribution is -2.50. The number of hydrogen-bond donors (Lipinski definition) is 1. The zero-order valence-electron chi connectivity index (χ0n) is 12.6. The van der Waals surface area contributed by atoms with Crippen LogP contribution in [0.4, 0.5) is 5.69 Å². The second kappa shape index (κ2) is 7.03. The Morgan fingerprint density at radius 2 is 2.00 bits per heavy atom. The molecule has 21 heavy (non-hydrogen) atoms. The summed E-state index contributed by atoms with van der Waals surface area (Å²) in [5.74, 6) is 0.139. The van der Waals surface area contributed by atoms with Gasteiger partial charge < -0.3 is 14.8 Å². The third kappa shape index (κ3) is 4.42. The zero-order valence-corrected chi connectivity index (χ0v) is 12.6. The third-order valence-electron chi connectivity index (χ3n) is 3.27. The van der Waals surface area contributed by atoms with Crippen molar-refractivity contribution in [3.63, 3.8) is 0 Å². The van der Waals surface area contributed by atoms with Crippen LogP contribution in [0.2, 0.25) is 0 Å². The Morgan fingerprint density at radius 3 is 2.43 bits per heavy atom. The first-order valence-electron chi connectivity index (χ1n) is 6.51. The number of carbonyl (C=O) groups is 1. The molecule has 1 aromatic carbocycles. The van der Waals surface area contributed by atoms with Gasteiger partial charge in [0.1, 0.15) is 11.3 Å². The van der Waals surface area contributed by atoms with Gasteiger partial charge in [-0.25, -0.2) is 0 Å². The molecule has 0 amide bonds. The first-order valence-corrected chi connectivity index (χ1v) is 6.51. The van der Waals surface area contributed by atoms with Crippen LogP contribution in [0.5, 0.6) is 5.75 Å². The van der Waals surface area contributed by atoms with Gasteiger partial charge >= 0.3 is 5.97 Å². The quantitative estimate of drug-likeness (QED) is 0.469. The number of rotatable bonds is 7. The molecule has 0 aliphatic heterocycles. The lowest BCUT2D eigenvalue weighted by Gasteiger charge is -2.29. The Labute approximate surface area is 123 Å². The van der Waals surface area contributed by atoms with E-state index in [9.17, 15) is 14.9 Å². The fourth-order valence-electron chi connectivity index (χ4n) is 2.01. The van der Waals surface area contributed by atoms with E-state index in [1.54, 1.807) is 14.0 Å². The van der Waals surface area contributed by atoms with Crippen molar-refractivity contribution in [2.45, 2.75) is 31.9 Å². The van der Waals surface area contributed by atoms with Crippen LogP contribution in [0.1, 0.15) is 20.3 Å². The summed E-state index contributed by atoms with van der Waals surface area (Å²) in [6.45, 7) is 3.55. The number of nitro benzene ring substituents is 1. The highest BCUT2D eigenvalue weighted by atomic mass is 16.6. The summed E-state index contributed by atoms with van der Waals surface area (Å²) in [4.78, 5) is 21.9. The summed E-state index contributed by atoms with van der Waals surface area (Å²) in [7, 11) is 3.01. The highest BCUT2D eigenvalue weighted by Gasteiger charge is 2.34. The first-order chi connectivity index (χ1) is 9.82. The van der Waals surface area contributed by atoms with Crippen LogP contribution < -0.4 is 10.1 Å². The minimum Gasteiger partial charge on any atom is -0.491 e. The van der Waals surface area contributed by atoms with E-state index in [0.717, 1.165) is 0 Å². The van der Waals surface area contributed by atoms with E-state index in [1.165, 1.54) is 31.4 Å². The van der Waals surface area contributed by atoms with E-state index in [-0.39, 0.29) is 17.8 Å². The number of nitrogens with zero attached hydrogens (tertiary/aromatic N) is 1. The van der Waals surface area contributed by atoms with E-state index < -0.39 is 10.5 Å². The van der Waals surface area contributed by atoms with Gasteiger partial charge in [-0.15, -0.1) is 0 Å². The van der Waals surface area contributed by atoms with Crippen molar-refractivity contribution in [3.8, 4) is 5.75 Å². The Morgan fingerprint density at radius 1 is 1.43 bits per heavy atom. The maximum Gasteiger partial charge on any atom is 0.325 e. The van der Waals surface area contributed by atoms with Crippen molar-refractivity contribution in [2.24, 2.45) is 0 Å². The van der Waals surface area contributed by atoms with Gasteiger partial charge in [0.25, 0.3) is 5.69 Å². The number of nitrogens with one attached hydrogen (secondary N) is 1. The summed E-state index contributed by atoms with van der Waals surface area (Å²) in [5, 5.41) is 13.5. The Bertz CT molecular complexity index is 503. The first kappa shape index (κ1) is 16.9. The second-order valence-electron chi connectivity index (χ2n) is 4.96. The van der Waals surface area contributed by atoms with Crippen LogP contribution in [0, 0.1) is 10.1 Å². The molecule has 0 heterocycles. The highest BCUT2D eigenvalue weighted by molar-refractivity contribution is 5.80. The predicted molar refractivity (Wildman–Crippen MR) is 77.3 cm³/mol. The number of ether oxygens (including phenoxy) is 2. The number of carbonyl (C=O) groups excluding carboxylic acids is 1. The molecule has 0 aliphatic carbocycles. The Kier molecular flexibility index (Phi) is 5.66. The van der Waals surface area contributed by atoms with Crippen molar-refractivity contribution in [1.29, 1.82) is 0 Å². The number of esters is 1. The molecule has 0 fully saturated rings. The van der Waals surface area contributed by atoms with Crippen LogP contribution >= 0.6 is 0 Å². The number of likely N-dealkylation sites (N-methyl/N-ethyl adjacent to an activating group) is 1. The molecule has 7 nitrogen and oxygen atoms in total. The molecule has 0 saturated carbocycles. The average molecular weight is 296 g/mol. The molecule has 0 spiro atoms. The summed E-state index contributed by atoms with van der Waals surface area (Å²) < 4.78 is 10.4. The molecule has 2 unspecified atom stereocenters. The normalized spacial score (nSPS) is 14.9. The van der Waals surface area contributed by atoms with Gasteiger partial charge in [0.15, 0.2) is 0 Å². The smallest absolute Gasteiger partial charge is 0.325 e. The van der Waals surface area contributed by atoms with Crippen molar-refractivity contribution in [1.82, 2.24) is 5.32 Å². The van der Waals surface area contributed by atoms with Gasteiger partial charge in [-0.3, -0.25) is 14.9 Å². The lowest BCUT2D eigenvalue weighted by atomic mass is 9.95. The van der Waals surface area contributed by atoms with Crippen molar-refractivity contribution in [2.75, 3.05) is 14.2 Å². The van der Waals surface area contributed by atoms with Crippen LogP contribution in [0.3, 0.4) is 0 Å². The minimum atomic E-state index is -0.852. The van der Waals surface area contributed by atoms with Crippen LogP contribution in [-0.4, -0.2) is 36.7 Å². The van der Waals surface area contributed by atoms with E-state index >= 15 is 0 Å². The number of non-ortho nitro benzene ring substituents is 1. The molecule has 1 aromatic rings. The molecule has 7 heteroatoms. The lowest BCUT2D eigenvalue weighted by molar-refractivity contribution is -0.384. The van der Waals surface area contributed by atoms with E-state index in [2.05, 4.69) is 5.32 Å². The van der Waals surface area contributed by atoms with Crippen molar-refractivity contribution >= 4 is 11.7 Å². The standard InChI is InChI=1S/C14H20N2O5/c1-10(9-14(2,15-3)13(17)20-4)21-12-7-5-11(6-8-12)16(18)19/h5-8,10,15H,9H2,1-4H3. The molecule has 0 bridgehead atoms. The van der Waals surface area contributed by atoms with Gasteiger partial charge in [0.05, 0.1) is 18.1 Å². The molecular formula is C14H20N2O5. The third-order valence-corrected chi connectivity index (χ3v) is 3.27. The largest absolute Gasteiger partial charge is 0.491 e. The van der Waals surface area contributed by atoms with Crippen LogP contribution in [0.25, 0.3) is 0 Å². The van der Waals surface area contributed by atoms with Gasteiger partial charge in [-0.1, -0.05) is 0 Å². The minimum absolute atomic E-state index is 0.00428. The van der Waals surface area contributed by atoms with Gasteiger partial charge in [-0.05, 0) is 33.0 Å². The number of hydrogen-bond acceptors (Lipinski definition) is 6. The Balaban J connectivity index is 2.70. The molecule has 0 aliphatic rings. The average Bonchev–Trinajstić information content (AvgIpc) is 2.46. The summed E-state index contributed by atoms with van der Waals surface area (Å²) in [6, 6.07) is 5.81. The summed E-state index contributed by atoms with van der Waals surface area (Å²) in [5.41, 5.74) is -0.848. The van der Waals surface area contributed by atoms with Gasteiger partial charge in [0.2, 0.25) is 0 Å². The zero-order chi connectivity index (χ0) is 16.0. The van der Waals surface area contributed by atoms with Crippen molar-refractivity contribution < 1.29 is 19.2 Å². The Hall–Kier alpha value is -2.15. The molecule has 1 N–H and O–H groups in total. The summed E-state index contributed by atoms with van der Waals surface area (Å²) in [6.07, 6.45) is 0.121. The van der Waals surface area contributed by atoms with Gasteiger partial charge in [-0.2, -0.15) is 0 Å². The molecule has 1 rings (SSSR count). The second-order valence-corrected chi connectivity index (χ2v) is 4.96. The monoisotopic (exact) mass is 296 g/mol. The van der Waals surface area contributed by atoms with E-state index in [0.29, 0.717) is 12.2 Å². The van der Waals surface area contributed by atoms with Crippen LogP contribution in [0.15, 0.2) is 24.3 Å². The molecular weight excluding hydrogens is 276 g/mol. The number of benzene rings is 1. The van der Waals surface area contributed by atoms with Crippen molar-refractivity contribution in [3.05, 3.63) is 34.4 Å². The molecule has 116 valence electrons. The molecule has 0 radical (unpaired) electrons. The fourth-order valence-corrected chi connectivity index (χ4v) is 2.01. The molecule has 0 aromatic heterocycles. The maximum absolute atomic E-state index is 11.8. The van der Waals surface area contributed by atoms with E-state index in [1.807, 2.05) is 6.92 Å². The summed E-state index contributed by atoms with van der Waals surface area (Å²) >= 11 is 0. The maximum atomic E-state index is 11.8. The van der Waals surface area contributed by atoms with Crippen LogP contribution in [-0.2, 0) is 9.53 Å². The SMILES string of the molecule is CNC(C)(CC(C)Oc1ccc([N+](=O)[O-])cc1)C(=O)OC. The van der Waals surface area contributed by atoms with E-state index in [4.69, 9.17) is 9.47 Å². The highest BCUT2D eigenvalue weighted by Crippen LogP contribution is 2.21. The fraction of sp³-hybridized carbons (Fsp3) is 0.500.